The minimum Gasteiger partial charge on any atom is -0.478 e. The van der Waals surface area contributed by atoms with E-state index in [9.17, 15) is 9.59 Å². The maximum absolute atomic E-state index is 12.4. The van der Waals surface area contributed by atoms with Gasteiger partial charge in [0.1, 0.15) is 0 Å². The second-order valence-electron chi connectivity index (χ2n) is 5.55. The Labute approximate surface area is 124 Å². The van der Waals surface area contributed by atoms with E-state index in [2.05, 4.69) is 0 Å². The van der Waals surface area contributed by atoms with Crippen LogP contribution in [0.3, 0.4) is 0 Å². The monoisotopic (exact) mass is 290 g/mol. The number of carboxylic acid groups (broad SMARTS) is 1. The van der Waals surface area contributed by atoms with Gasteiger partial charge in [-0.1, -0.05) is 13.3 Å². The van der Waals surface area contributed by atoms with E-state index >= 15 is 0 Å². The Kier molecular flexibility index (Phi) is 4.96. The van der Waals surface area contributed by atoms with Crippen LogP contribution in [0, 0.1) is 0 Å². The van der Waals surface area contributed by atoms with Crippen LogP contribution < -0.4 is 10.6 Å². The molecular weight excluding hydrogens is 268 g/mol. The molecule has 1 atom stereocenters. The summed E-state index contributed by atoms with van der Waals surface area (Å²) in [5.41, 5.74) is 7.98. The van der Waals surface area contributed by atoms with Crippen LogP contribution in [0.4, 0.5) is 5.69 Å². The number of rotatable bonds is 5. The molecule has 1 aromatic carbocycles. The van der Waals surface area contributed by atoms with Gasteiger partial charge in [0.25, 0.3) is 0 Å². The van der Waals surface area contributed by atoms with Crippen molar-refractivity contribution >= 4 is 17.6 Å². The van der Waals surface area contributed by atoms with Gasteiger partial charge in [0.15, 0.2) is 0 Å². The van der Waals surface area contributed by atoms with Crippen molar-refractivity contribution in [1.82, 2.24) is 0 Å². The number of aryl methyl sites for hydroxylation is 1. The first kappa shape index (κ1) is 15.5. The number of benzene rings is 1. The number of amides is 1. The summed E-state index contributed by atoms with van der Waals surface area (Å²) in [6, 6.07) is 4.86. The van der Waals surface area contributed by atoms with Crippen molar-refractivity contribution in [3.05, 3.63) is 29.3 Å². The molecule has 1 amide bonds. The van der Waals surface area contributed by atoms with Gasteiger partial charge in [-0.2, -0.15) is 0 Å². The molecule has 114 valence electrons. The number of carbonyl (C=O) groups is 2. The second-order valence-corrected chi connectivity index (χ2v) is 5.55. The lowest BCUT2D eigenvalue weighted by atomic mass is 9.98. The number of nitrogens with zero attached hydrogens (tertiary/aromatic N) is 1. The highest BCUT2D eigenvalue weighted by Gasteiger charge is 2.24. The number of nitrogens with two attached hydrogens (primary N) is 1. The van der Waals surface area contributed by atoms with Crippen LogP contribution in [0.25, 0.3) is 0 Å². The second kappa shape index (κ2) is 6.72. The van der Waals surface area contributed by atoms with Crippen LogP contribution in [0.5, 0.6) is 0 Å². The van der Waals surface area contributed by atoms with Gasteiger partial charge in [-0.25, -0.2) is 4.79 Å². The number of hydrogen-bond acceptors (Lipinski definition) is 3. The van der Waals surface area contributed by atoms with Gasteiger partial charge in [0.05, 0.1) is 5.56 Å². The van der Waals surface area contributed by atoms with E-state index in [1.165, 1.54) is 0 Å². The van der Waals surface area contributed by atoms with Crippen molar-refractivity contribution < 1.29 is 14.7 Å². The Hall–Kier alpha value is -1.88. The third kappa shape index (κ3) is 3.61. The maximum atomic E-state index is 12.4. The smallest absolute Gasteiger partial charge is 0.335 e. The van der Waals surface area contributed by atoms with Gasteiger partial charge in [-0.05, 0) is 43.0 Å². The number of anilines is 1. The molecule has 0 saturated carbocycles. The molecule has 2 rings (SSSR count). The van der Waals surface area contributed by atoms with E-state index in [-0.39, 0.29) is 17.5 Å². The lowest BCUT2D eigenvalue weighted by Gasteiger charge is -2.30. The highest BCUT2D eigenvalue weighted by Crippen LogP contribution is 2.29. The molecular formula is C16H22N2O3. The van der Waals surface area contributed by atoms with Crippen LogP contribution in [0.2, 0.25) is 0 Å². The summed E-state index contributed by atoms with van der Waals surface area (Å²) in [6.07, 6.45) is 3.80. The van der Waals surface area contributed by atoms with Crippen LogP contribution in [-0.4, -0.2) is 29.6 Å². The molecule has 1 heterocycles. The Morgan fingerprint density at radius 1 is 1.43 bits per heavy atom. The molecule has 0 aromatic heterocycles. The van der Waals surface area contributed by atoms with Crippen LogP contribution in [0.15, 0.2) is 18.2 Å². The lowest BCUT2D eigenvalue weighted by Crippen LogP contribution is -2.39. The third-order valence-electron chi connectivity index (χ3n) is 3.84. The van der Waals surface area contributed by atoms with Gasteiger partial charge in [-0.15, -0.1) is 0 Å². The predicted molar refractivity (Wildman–Crippen MR) is 81.6 cm³/mol. The molecule has 3 N–H and O–H groups in total. The molecule has 1 unspecified atom stereocenters. The molecule has 5 heteroatoms. The van der Waals surface area contributed by atoms with Gasteiger partial charge >= 0.3 is 5.97 Å². The molecule has 21 heavy (non-hydrogen) atoms. The van der Waals surface area contributed by atoms with Crippen molar-refractivity contribution in [3.63, 3.8) is 0 Å². The number of fused-ring (bicyclic) bond motifs is 1. The number of carboxylic acids is 1. The largest absolute Gasteiger partial charge is 0.478 e. The summed E-state index contributed by atoms with van der Waals surface area (Å²) in [5, 5.41) is 9.04. The van der Waals surface area contributed by atoms with Gasteiger partial charge < -0.3 is 15.7 Å². The lowest BCUT2D eigenvalue weighted by molar-refractivity contribution is -0.119. The summed E-state index contributed by atoms with van der Waals surface area (Å²) in [5.74, 6) is -0.911. The first-order valence-corrected chi connectivity index (χ1v) is 7.45. The maximum Gasteiger partial charge on any atom is 0.335 e. The molecule has 0 saturated heterocycles. The van der Waals surface area contributed by atoms with Crippen molar-refractivity contribution in [1.29, 1.82) is 0 Å². The molecule has 0 fully saturated rings. The Bertz CT molecular complexity index is 542. The molecule has 0 aliphatic carbocycles. The fourth-order valence-electron chi connectivity index (χ4n) is 2.80. The Morgan fingerprint density at radius 3 is 2.86 bits per heavy atom. The zero-order chi connectivity index (χ0) is 15.4. The molecule has 1 aliphatic heterocycles. The zero-order valence-electron chi connectivity index (χ0n) is 12.3. The molecule has 1 aliphatic rings. The topological polar surface area (TPSA) is 83.6 Å². The summed E-state index contributed by atoms with van der Waals surface area (Å²) in [6.45, 7) is 2.73. The quantitative estimate of drug-likeness (QED) is 0.870. The van der Waals surface area contributed by atoms with E-state index in [0.717, 1.165) is 36.9 Å². The van der Waals surface area contributed by atoms with E-state index in [4.69, 9.17) is 10.8 Å². The van der Waals surface area contributed by atoms with Crippen molar-refractivity contribution in [2.24, 2.45) is 5.73 Å². The normalized spacial score (nSPS) is 15.4. The van der Waals surface area contributed by atoms with Crippen molar-refractivity contribution in [2.75, 3.05) is 11.4 Å². The molecule has 0 spiro atoms. The van der Waals surface area contributed by atoms with E-state index in [0.29, 0.717) is 13.0 Å². The third-order valence-corrected chi connectivity index (χ3v) is 3.84. The van der Waals surface area contributed by atoms with E-state index in [1.54, 1.807) is 23.1 Å². The van der Waals surface area contributed by atoms with Crippen molar-refractivity contribution in [2.45, 2.75) is 45.1 Å². The first-order chi connectivity index (χ1) is 10.0. The zero-order valence-corrected chi connectivity index (χ0v) is 12.3. The van der Waals surface area contributed by atoms with E-state index < -0.39 is 5.97 Å². The average molecular weight is 290 g/mol. The highest BCUT2D eigenvalue weighted by atomic mass is 16.4. The van der Waals surface area contributed by atoms with Crippen molar-refractivity contribution in [3.8, 4) is 0 Å². The van der Waals surface area contributed by atoms with Gasteiger partial charge in [0, 0.05) is 24.7 Å². The van der Waals surface area contributed by atoms with Crippen LogP contribution in [-0.2, 0) is 11.2 Å². The fraction of sp³-hybridized carbons (Fsp3) is 0.500. The standard InChI is InChI=1S/C16H22N2O3/c1-2-4-13(17)10-15(19)18-8-3-5-11-9-12(16(20)21)6-7-14(11)18/h6-7,9,13H,2-5,8,10,17H2,1H3,(H,20,21). The molecule has 1 aromatic rings. The summed E-state index contributed by atoms with van der Waals surface area (Å²) < 4.78 is 0. The predicted octanol–water partition coefficient (Wildman–Crippen LogP) is 2.18. The fourth-order valence-corrected chi connectivity index (χ4v) is 2.80. The Morgan fingerprint density at radius 2 is 2.19 bits per heavy atom. The molecule has 0 radical (unpaired) electrons. The number of aromatic carboxylic acids is 1. The van der Waals surface area contributed by atoms with Gasteiger partial charge in [0.2, 0.25) is 5.91 Å². The number of carbonyl (C=O) groups excluding carboxylic acids is 1. The molecule has 0 bridgehead atoms. The number of hydrogen-bond donors (Lipinski definition) is 2. The minimum atomic E-state index is -0.939. The van der Waals surface area contributed by atoms with Crippen LogP contribution in [0.1, 0.15) is 48.5 Å². The average Bonchev–Trinajstić information content (AvgIpc) is 2.46. The summed E-state index contributed by atoms with van der Waals surface area (Å²) in [7, 11) is 0. The minimum absolute atomic E-state index is 0.0278. The van der Waals surface area contributed by atoms with E-state index in [1.807, 2.05) is 6.92 Å². The molecule has 5 nitrogen and oxygen atoms in total. The Balaban J connectivity index is 2.18. The summed E-state index contributed by atoms with van der Waals surface area (Å²) in [4.78, 5) is 25.2. The first-order valence-electron chi connectivity index (χ1n) is 7.45. The highest BCUT2D eigenvalue weighted by molar-refractivity contribution is 5.96. The summed E-state index contributed by atoms with van der Waals surface area (Å²) >= 11 is 0. The SMILES string of the molecule is CCCC(N)CC(=O)N1CCCc2cc(C(=O)O)ccc21. The van der Waals surface area contributed by atoms with Crippen LogP contribution >= 0.6 is 0 Å². The van der Waals surface area contributed by atoms with Gasteiger partial charge in [-0.3, -0.25) is 4.79 Å².